The van der Waals surface area contributed by atoms with E-state index in [1.807, 2.05) is 12.4 Å². The van der Waals surface area contributed by atoms with Gasteiger partial charge in [-0.2, -0.15) is 0 Å². The molecule has 1 aromatic carbocycles. The summed E-state index contributed by atoms with van der Waals surface area (Å²) >= 11 is 0. The quantitative estimate of drug-likeness (QED) is 0.840. The Morgan fingerprint density at radius 1 is 1.29 bits per heavy atom. The number of benzene rings is 1. The Balaban J connectivity index is 2.38. The Bertz CT molecular complexity index is 413. The minimum atomic E-state index is 0.272. The fourth-order valence-corrected chi connectivity index (χ4v) is 2.21. The van der Waals surface area contributed by atoms with Gasteiger partial charge in [-0.3, -0.25) is 0 Å². The Kier molecular flexibility index (Phi) is 3.57. The van der Waals surface area contributed by atoms with Crippen molar-refractivity contribution in [2.24, 2.45) is 0 Å². The van der Waals surface area contributed by atoms with Crippen LogP contribution in [0.2, 0.25) is 0 Å². The largest absolute Gasteiger partial charge is 0.496 e. The normalized spacial score (nSPS) is 18.7. The molecule has 1 aliphatic heterocycles. The van der Waals surface area contributed by atoms with Crippen LogP contribution in [0.5, 0.6) is 5.75 Å². The fourth-order valence-electron chi connectivity index (χ4n) is 2.21. The van der Waals surface area contributed by atoms with E-state index in [0.29, 0.717) is 5.92 Å². The van der Waals surface area contributed by atoms with Crippen molar-refractivity contribution < 1.29 is 4.74 Å². The van der Waals surface area contributed by atoms with E-state index in [9.17, 15) is 0 Å². The molecule has 0 aromatic heterocycles. The van der Waals surface area contributed by atoms with Gasteiger partial charge < -0.3 is 15.4 Å². The SMILES string of the molecule is COc1c(C(C)C)cccc1C1CNC=CN1. The highest BCUT2D eigenvalue weighted by Crippen LogP contribution is 2.33. The molecule has 0 amide bonds. The van der Waals surface area contributed by atoms with Crippen molar-refractivity contribution in [3.05, 3.63) is 41.7 Å². The lowest BCUT2D eigenvalue weighted by molar-refractivity contribution is 0.393. The van der Waals surface area contributed by atoms with E-state index < -0.39 is 0 Å². The number of hydrogen-bond donors (Lipinski definition) is 2. The van der Waals surface area contributed by atoms with E-state index in [1.54, 1.807) is 7.11 Å². The summed E-state index contributed by atoms with van der Waals surface area (Å²) in [6, 6.07) is 6.64. The number of methoxy groups -OCH3 is 1. The van der Waals surface area contributed by atoms with Crippen molar-refractivity contribution in [2.45, 2.75) is 25.8 Å². The van der Waals surface area contributed by atoms with Gasteiger partial charge in [0.25, 0.3) is 0 Å². The van der Waals surface area contributed by atoms with E-state index in [-0.39, 0.29) is 6.04 Å². The van der Waals surface area contributed by atoms with Gasteiger partial charge in [0.2, 0.25) is 0 Å². The van der Waals surface area contributed by atoms with Gasteiger partial charge in [0.1, 0.15) is 5.75 Å². The van der Waals surface area contributed by atoms with Crippen LogP contribution in [0.4, 0.5) is 0 Å². The molecule has 0 saturated carbocycles. The fraction of sp³-hybridized carbons (Fsp3) is 0.429. The highest BCUT2D eigenvalue weighted by Gasteiger charge is 2.19. The molecule has 0 radical (unpaired) electrons. The van der Waals surface area contributed by atoms with Crippen LogP contribution >= 0.6 is 0 Å². The third-order valence-electron chi connectivity index (χ3n) is 3.10. The van der Waals surface area contributed by atoms with Crippen molar-refractivity contribution in [1.29, 1.82) is 0 Å². The lowest BCUT2D eigenvalue weighted by Crippen LogP contribution is -2.31. The van der Waals surface area contributed by atoms with Crippen molar-refractivity contribution in [3.63, 3.8) is 0 Å². The summed E-state index contributed by atoms with van der Waals surface area (Å²) in [7, 11) is 1.75. The first-order valence-corrected chi connectivity index (χ1v) is 6.05. The van der Waals surface area contributed by atoms with Crippen LogP contribution < -0.4 is 15.4 Å². The molecular formula is C14H20N2O. The van der Waals surface area contributed by atoms with Crippen LogP contribution in [-0.4, -0.2) is 13.7 Å². The van der Waals surface area contributed by atoms with Gasteiger partial charge in [-0.1, -0.05) is 32.0 Å². The molecule has 0 saturated heterocycles. The van der Waals surface area contributed by atoms with Crippen molar-refractivity contribution in [1.82, 2.24) is 10.6 Å². The highest BCUT2D eigenvalue weighted by molar-refractivity contribution is 5.45. The number of rotatable bonds is 3. The van der Waals surface area contributed by atoms with E-state index in [1.165, 1.54) is 11.1 Å². The predicted molar refractivity (Wildman–Crippen MR) is 70.1 cm³/mol. The van der Waals surface area contributed by atoms with Gasteiger partial charge in [-0.15, -0.1) is 0 Å². The summed E-state index contributed by atoms with van der Waals surface area (Å²) in [5, 5.41) is 6.59. The monoisotopic (exact) mass is 232 g/mol. The summed E-state index contributed by atoms with van der Waals surface area (Å²) < 4.78 is 5.60. The highest BCUT2D eigenvalue weighted by atomic mass is 16.5. The van der Waals surface area contributed by atoms with Crippen LogP contribution in [0.15, 0.2) is 30.6 Å². The molecule has 1 aliphatic rings. The molecule has 0 bridgehead atoms. The second-order valence-electron chi connectivity index (χ2n) is 4.59. The first kappa shape index (κ1) is 11.8. The van der Waals surface area contributed by atoms with E-state index in [4.69, 9.17) is 4.74 Å². The maximum absolute atomic E-state index is 5.60. The molecule has 2 rings (SSSR count). The van der Waals surface area contributed by atoms with Crippen LogP contribution in [0.1, 0.15) is 36.9 Å². The van der Waals surface area contributed by atoms with E-state index in [0.717, 1.165) is 12.3 Å². The summed E-state index contributed by atoms with van der Waals surface area (Å²) in [5.74, 6) is 1.48. The molecule has 2 N–H and O–H groups in total. The van der Waals surface area contributed by atoms with Crippen molar-refractivity contribution in [2.75, 3.05) is 13.7 Å². The minimum Gasteiger partial charge on any atom is -0.496 e. The van der Waals surface area contributed by atoms with E-state index >= 15 is 0 Å². The first-order chi connectivity index (χ1) is 8.24. The Hall–Kier alpha value is -1.64. The molecule has 1 heterocycles. The number of ether oxygens (including phenoxy) is 1. The molecule has 17 heavy (non-hydrogen) atoms. The molecule has 0 fully saturated rings. The van der Waals surface area contributed by atoms with Crippen LogP contribution in [0, 0.1) is 0 Å². The third kappa shape index (κ3) is 2.38. The molecular weight excluding hydrogens is 212 g/mol. The molecule has 1 aromatic rings. The molecule has 0 spiro atoms. The van der Waals surface area contributed by atoms with Gasteiger partial charge in [0, 0.05) is 24.5 Å². The lowest BCUT2D eigenvalue weighted by atomic mass is 9.95. The summed E-state index contributed by atoms with van der Waals surface area (Å²) in [6.07, 6.45) is 3.87. The van der Waals surface area contributed by atoms with Crippen LogP contribution in [0.3, 0.4) is 0 Å². The molecule has 3 nitrogen and oxygen atoms in total. The summed E-state index contributed by atoms with van der Waals surface area (Å²) in [5.41, 5.74) is 2.48. The van der Waals surface area contributed by atoms with Crippen molar-refractivity contribution in [3.8, 4) is 5.75 Å². The topological polar surface area (TPSA) is 33.3 Å². The number of para-hydroxylation sites is 1. The minimum absolute atomic E-state index is 0.272. The number of nitrogens with one attached hydrogen (secondary N) is 2. The maximum Gasteiger partial charge on any atom is 0.127 e. The predicted octanol–water partition coefficient (Wildman–Crippen LogP) is 2.52. The smallest absolute Gasteiger partial charge is 0.127 e. The zero-order valence-corrected chi connectivity index (χ0v) is 10.7. The molecule has 92 valence electrons. The molecule has 0 aliphatic carbocycles. The standard InChI is InChI=1S/C14H20N2O/c1-10(2)11-5-4-6-12(14(11)17-3)13-9-15-7-8-16-13/h4-8,10,13,15-16H,9H2,1-3H3. The Morgan fingerprint density at radius 2 is 2.12 bits per heavy atom. The second-order valence-corrected chi connectivity index (χ2v) is 4.59. The van der Waals surface area contributed by atoms with Crippen molar-refractivity contribution >= 4 is 0 Å². The lowest BCUT2D eigenvalue weighted by Gasteiger charge is -2.25. The van der Waals surface area contributed by atoms with Crippen LogP contribution in [-0.2, 0) is 0 Å². The first-order valence-electron chi connectivity index (χ1n) is 6.05. The Morgan fingerprint density at radius 3 is 2.71 bits per heavy atom. The summed E-state index contributed by atoms with van der Waals surface area (Å²) in [6.45, 7) is 5.26. The second kappa shape index (κ2) is 5.13. The van der Waals surface area contributed by atoms with Gasteiger partial charge >= 0.3 is 0 Å². The summed E-state index contributed by atoms with van der Waals surface area (Å²) in [4.78, 5) is 0. The van der Waals surface area contributed by atoms with Crippen LogP contribution in [0.25, 0.3) is 0 Å². The van der Waals surface area contributed by atoms with Gasteiger partial charge in [-0.25, -0.2) is 0 Å². The molecule has 3 heteroatoms. The zero-order chi connectivity index (χ0) is 12.3. The average molecular weight is 232 g/mol. The molecule has 1 atom stereocenters. The van der Waals surface area contributed by atoms with Gasteiger partial charge in [0.15, 0.2) is 0 Å². The van der Waals surface area contributed by atoms with E-state index in [2.05, 4.69) is 42.7 Å². The maximum atomic E-state index is 5.60. The number of hydrogen-bond acceptors (Lipinski definition) is 3. The third-order valence-corrected chi connectivity index (χ3v) is 3.10. The van der Waals surface area contributed by atoms with Gasteiger partial charge in [-0.05, 0) is 11.5 Å². The molecule has 1 unspecified atom stereocenters. The van der Waals surface area contributed by atoms with Gasteiger partial charge in [0.05, 0.1) is 13.2 Å². The average Bonchev–Trinajstić information content (AvgIpc) is 2.38. The Labute approximate surface area is 103 Å². The zero-order valence-electron chi connectivity index (χ0n) is 10.7.